The lowest BCUT2D eigenvalue weighted by Crippen LogP contribution is -1.97. The van der Waals surface area contributed by atoms with Gasteiger partial charge in [-0.2, -0.15) is 0 Å². The molecular formula is C12H8F3NO2S. The molecule has 0 amide bonds. The van der Waals surface area contributed by atoms with Gasteiger partial charge in [-0.25, -0.2) is 22.9 Å². The van der Waals surface area contributed by atoms with Crippen molar-refractivity contribution in [1.82, 2.24) is 4.98 Å². The van der Waals surface area contributed by atoms with Crippen molar-refractivity contribution in [3.8, 4) is 10.6 Å². The summed E-state index contributed by atoms with van der Waals surface area (Å²) in [7, 11) is 0. The van der Waals surface area contributed by atoms with Crippen LogP contribution in [0.25, 0.3) is 10.6 Å². The summed E-state index contributed by atoms with van der Waals surface area (Å²) in [5.41, 5.74) is 0.0442. The van der Waals surface area contributed by atoms with Gasteiger partial charge >= 0.3 is 5.97 Å². The molecule has 0 saturated heterocycles. The van der Waals surface area contributed by atoms with Crippen molar-refractivity contribution >= 4 is 17.3 Å². The Morgan fingerprint density at radius 3 is 2.53 bits per heavy atom. The maximum atomic E-state index is 13.6. The highest BCUT2D eigenvalue weighted by Crippen LogP contribution is 2.31. The first-order valence-electron chi connectivity index (χ1n) is 5.32. The number of thiazole rings is 1. The highest BCUT2D eigenvalue weighted by atomic mass is 32.1. The van der Waals surface area contributed by atoms with Crippen molar-refractivity contribution in [2.45, 2.75) is 13.3 Å². The molecule has 1 aromatic heterocycles. The molecule has 0 aliphatic heterocycles. The second-order valence-corrected chi connectivity index (χ2v) is 4.68. The van der Waals surface area contributed by atoms with E-state index in [1.165, 1.54) is 0 Å². The number of carboxylic acid groups (broad SMARTS) is 1. The number of halogens is 3. The van der Waals surface area contributed by atoms with E-state index in [1.807, 2.05) is 0 Å². The number of hydrogen-bond acceptors (Lipinski definition) is 3. The zero-order chi connectivity index (χ0) is 14.2. The van der Waals surface area contributed by atoms with Gasteiger partial charge in [0.15, 0.2) is 17.5 Å². The maximum absolute atomic E-state index is 13.6. The molecule has 1 aromatic carbocycles. The first-order chi connectivity index (χ1) is 8.95. The van der Waals surface area contributed by atoms with Crippen LogP contribution in [0.1, 0.15) is 22.3 Å². The van der Waals surface area contributed by atoms with Crippen LogP contribution in [0.2, 0.25) is 0 Å². The van der Waals surface area contributed by atoms with E-state index in [2.05, 4.69) is 4.98 Å². The van der Waals surface area contributed by atoms with Gasteiger partial charge in [-0.15, -0.1) is 11.3 Å². The third kappa shape index (κ3) is 2.33. The number of nitrogens with zero attached hydrogens (tertiary/aromatic N) is 1. The van der Waals surface area contributed by atoms with Gasteiger partial charge < -0.3 is 5.11 Å². The lowest BCUT2D eigenvalue weighted by atomic mass is 10.2. The van der Waals surface area contributed by atoms with Crippen molar-refractivity contribution in [1.29, 1.82) is 0 Å². The first-order valence-corrected chi connectivity index (χ1v) is 6.14. The zero-order valence-electron chi connectivity index (χ0n) is 9.71. The number of carboxylic acids is 1. The Morgan fingerprint density at radius 1 is 1.32 bits per heavy atom. The Balaban J connectivity index is 2.60. The minimum absolute atomic E-state index is 0.0191. The standard InChI is InChI=1S/C12H8F3NO2S/c1-2-7-10(12(17)18)19-11(16-7)5-3-4-6(13)9(15)8(5)14/h3-4H,2H2,1H3,(H,17,18). The van der Waals surface area contributed by atoms with Gasteiger partial charge in [0.2, 0.25) is 0 Å². The fourth-order valence-electron chi connectivity index (χ4n) is 1.56. The molecule has 100 valence electrons. The molecule has 0 atom stereocenters. The SMILES string of the molecule is CCc1nc(-c2ccc(F)c(F)c2F)sc1C(=O)O. The monoisotopic (exact) mass is 287 g/mol. The lowest BCUT2D eigenvalue weighted by molar-refractivity contribution is 0.0701. The summed E-state index contributed by atoms with van der Waals surface area (Å²) in [5.74, 6) is -5.44. The molecule has 2 rings (SSSR count). The predicted molar refractivity (Wildman–Crippen MR) is 63.8 cm³/mol. The number of benzene rings is 1. The van der Waals surface area contributed by atoms with Gasteiger partial charge in [-0.05, 0) is 18.6 Å². The number of aryl methyl sites for hydroxylation is 1. The molecule has 3 nitrogen and oxygen atoms in total. The fourth-order valence-corrected chi connectivity index (χ4v) is 2.58. The van der Waals surface area contributed by atoms with Crippen molar-refractivity contribution < 1.29 is 23.1 Å². The third-order valence-electron chi connectivity index (χ3n) is 2.49. The number of rotatable bonds is 3. The van der Waals surface area contributed by atoms with Crippen LogP contribution in [-0.2, 0) is 6.42 Å². The van der Waals surface area contributed by atoms with Crippen LogP contribution in [-0.4, -0.2) is 16.1 Å². The molecule has 2 aromatic rings. The summed E-state index contributed by atoms with van der Waals surface area (Å²) in [6.07, 6.45) is 0.351. The minimum atomic E-state index is -1.59. The summed E-state index contributed by atoms with van der Waals surface area (Å²) < 4.78 is 39.6. The van der Waals surface area contributed by atoms with Crippen LogP contribution < -0.4 is 0 Å². The largest absolute Gasteiger partial charge is 0.477 e. The van der Waals surface area contributed by atoms with Gasteiger partial charge in [0.1, 0.15) is 9.88 Å². The van der Waals surface area contributed by atoms with E-state index in [4.69, 9.17) is 5.11 Å². The molecule has 1 heterocycles. The Hall–Kier alpha value is -1.89. The van der Waals surface area contributed by atoms with E-state index < -0.39 is 23.4 Å². The maximum Gasteiger partial charge on any atom is 0.347 e. The van der Waals surface area contributed by atoms with Crippen molar-refractivity contribution in [3.05, 3.63) is 40.2 Å². The molecule has 0 radical (unpaired) electrons. The second kappa shape index (κ2) is 5.00. The van der Waals surface area contributed by atoms with Gasteiger partial charge in [0, 0.05) is 5.56 Å². The topological polar surface area (TPSA) is 50.2 Å². The number of carbonyl (C=O) groups is 1. The lowest BCUT2D eigenvalue weighted by Gasteiger charge is -2.00. The second-order valence-electron chi connectivity index (χ2n) is 3.68. The van der Waals surface area contributed by atoms with Crippen LogP contribution in [0.3, 0.4) is 0 Å². The Labute approximate surface area is 110 Å². The Bertz CT molecular complexity index is 655. The highest BCUT2D eigenvalue weighted by molar-refractivity contribution is 7.17. The molecule has 0 fully saturated rings. The minimum Gasteiger partial charge on any atom is -0.477 e. The molecule has 0 spiro atoms. The number of aromatic nitrogens is 1. The van der Waals surface area contributed by atoms with E-state index in [0.717, 1.165) is 23.5 Å². The molecular weight excluding hydrogens is 279 g/mol. The van der Waals surface area contributed by atoms with Crippen LogP contribution in [0.4, 0.5) is 13.2 Å². The number of aromatic carboxylic acids is 1. The normalized spacial score (nSPS) is 10.7. The molecule has 0 aliphatic carbocycles. The predicted octanol–water partition coefficient (Wildman–Crippen LogP) is 3.49. The van der Waals surface area contributed by atoms with Crippen molar-refractivity contribution in [2.24, 2.45) is 0 Å². The average molecular weight is 287 g/mol. The van der Waals surface area contributed by atoms with Crippen molar-refractivity contribution in [2.75, 3.05) is 0 Å². The summed E-state index contributed by atoms with van der Waals surface area (Å²) in [6.45, 7) is 1.70. The molecule has 19 heavy (non-hydrogen) atoms. The van der Waals surface area contributed by atoms with E-state index >= 15 is 0 Å². The summed E-state index contributed by atoms with van der Waals surface area (Å²) in [4.78, 5) is 14.9. The van der Waals surface area contributed by atoms with Crippen molar-refractivity contribution in [3.63, 3.8) is 0 Å². The summed E-state index contributed by atoms with van der Waals surface area (Å²) in [6, 6.07) is 1.82. The van der Waals surface area contributed by atoms with Crippen LogP contribution in [0, 0.1) is 17.5 Å². The molecule has 0 bridgehead atoms. The average Bonchev–Trinajstić information content (AvgIpc) is 2.80. The quantitative estimate of drug-likeness (QED) is 0.879. The van der Waals surface area contributed by atoms with Gasteiger partial charge in [-0.3, -0.25) is 0 Å². The third-order valence-corrected chi connectivity index (χ3v) is 3.61. The van der Waals surface area contributed by atoms with Crippen LogP contribution in [0.15, 0.2) is 12.1 Å². The molecule has 0 unspecified atom stereocenters. The van der Waals surface area contributed by atoms with E-state index in [9.17, 15) is 18.0 Å². The van der Waals surface area contributed by atoms with Crippen LogP contribution in [0.5, 0.6) is 0 Å². The Morgan fingerprint density at radius 2 is 2.00 bits per heavy atom. The molecule has 0 aliphatic rings. The van der Waals surface area contributed by atoms with E-state index in [1.54, 1.807) is 6.92 Å². The van der Waals surface area contributed by atoms with Gasteiger partial charge in [0.05, 0.1) is 5.69 Å². The summed E-state index contributed by atoms with van der Waals surface area (Å²) in [5, 5.41) is 8.99. The molecule has 1 N–H and O–H groups in total. The van der Waals surface area contributed by atoms with Gasteiger partial charge in [0.25, 0.3) is 0 Å². The summed E-state index contributed by atoms with van der Waals surface area (Å²) >= 11 is 0.734. The van der Waals surface area contributed by atoms with Gasteiger partial charge in [-0.1, -0.05) is 6.92 Å². The smallest absolute Gasteiger partial charge is 0.347 e. The zero-order valence-corrected chi connectivity index (χ0v) is 10.5. The molecule has 0 saturated carbocycles. The fraction of sp³-hybridized carbons (Fsp3) is 0.167. The number of hydrogen-bond donors (Lipinski definition) is 1. The van der Waals surface area contributed by atoms with E-state index in [-0.39, 0.29) is 21.1 Å². The first kappa shape index (κ1) is 13.5. The highest BCUT2D eigenvalue weighted by Gasteiger charge is 2.21. The van der Waals surface area contributed by atoms with Crippen LogP contribution >= 0.6 is 11.3 Å². The molecule has 7 heteroatoms. The van der Waals surface area contributed by atoms with E-state index in [0.29, 0.717) is 6.42 Å². The Kier molecular flexibility index (Phi) is 3.57.